The Bertz CT molecular complexity index is 1550. The first-order valence-electron chi connectivity index (χ1n) is 12.1. The van der Waals surface area contributed by atoms with Gasteiger partial charge in [0, 0.05) is 17.4 Å². The maximum absolute atomic E-state index is 13.7. The third-order valence-electron chi connectivity index (χ3n) is 7.78. The van der Waals surface area contributed by atoms with Crippen LogP contribution < -0.4 is 21.5 Å². The van der Waals surface area contributed by atoms with Gasteiger partial charge in [0.25, 0.3) is 5.91 Å². The summed E-state index contributed by atoms with van der Waals surface area (Å²) in [5.41, 5.74) is 9.84. The molecule has 3 unspecified atom stereocenters. The molecule has 0 aromatic heterocycles. The smallest absolute Gasteiger partial charge is 0.417 e. The van der Waals surface area contributed by atoms with Crippen molar-refractivity contribution < 1.29 is 48.7 Å². The molecule has 0 saturated heterocycles. The summed E-state index contributed by atoms with van der Waals surface area (Å²) in [7, 11) is 0. The zero-order valence-electron chi connectivity index (χ0n) is 20.8. The van der Waals surface area contributed by atoms with Crippen molar-refractivity contribution >= 4 is 29.3 Å². The van der Waals surface area contributed by atoms with E-state index in [0.29, 0.717) is 0 Å². The van der Waals surface area contributed by atoms with Crippen LogP contribution in [-0.4, -0.2) is 56.1 Å². The molecule has 9 N–H and O–H groups in total. The highest BCUT2D eigenvalue weighted by atomic mass is 19.1. The lowest BCUT2D eigenvalue weighted by Crippen LogP contribution is -2.58. The molecule has 13 heteroatoms. The number of halogens is 1. The molecule has 208 valence electrons. The Morgan fingerprint density at radius 3 is 2.30 bits per heavy atom. The molecule has 0 aliphatic heterocycles. The average Bonchev–Trinajstić information content (AvgIpc) is 2.89. The van der Waals surface area contributed by atoms with Crippen LogP contribution in [-0.2, 0) is 9.59 Å². The largest absolute Gasteiger partial charge is 0.511 e. The summed E-state index contributed by atoms with van der Waals surface area (Å²) >= 11 is 0. The summed E-state index contributed by atoms with van der Waals surface area (Å²) in [4.78, 5) is 51.1. The highest BCUT2D eigenvalue weighted by Crippen LogP contribution is 2.53. The van der Waals surface area contributed by atoms with Crippen molar-refractivity contribution in [1.82, 2.24) is 0 Å². The molecule has 2 amide bonds. The Kier molecular flexibility index (Phi) is 6.35. The van der Waals surface area contributed by atoms with E-state index < -0.39 is 88.0 Å². The molecule has 2 aromatic carbocycles. The van der Waals surface area contributed by atoms with Gasteiger partial charge in [-0.05, 0) is 41.8 Å². The maximum atomic E-state index is 13.7. The van der Waals surface area contributed by atoms with Crippen molar-refractivity contribution in [3.63, 3.8) is 0 Å². The number of phenols is 1. The van der Waals surface area contributed by atoms with Crippen LogP contribution in [0.5, 0.6) is 11.5 Å². The van der Waals surface area contributed by atoms with Gasteiger partial charge >= 0.3 is 6.09 Å². The first kappa shape index (κ1) is 26.8. The molecule has 5 rings (SSSR count). The minimum atomic E-state index is -1.65. The van der Waals surface area contributed by atoms with Crippen molar-refractivity contribution in [3.8, 4) is 11.5 Å². The summed E-state index contributed by atoms with van der Waals surface area (Å²) < 4.78 is 18.2. The van der Waals surface area contributed by atoms with Crippen molar-refractivity contribution in [3.05, 3.63) is 76.0 Å². The quantitative estimate of drug-likeness (QED) is 0.215. The van der Waals surface area contributed by atoms with E-state index in [-0.39, 0.29) is 28.1 Å². The lowest BCUT2D eigenvalue weighted by Gasteiger charge is -2.48. The normalized spacial score (nSPS) is 27.5. The number of phenolic OH excluding ortho intramolecular Hbond substituents is 1. The highest BCUT2D eigenvalue weighted by molar-refractivity contribution is 6.22. The van der Waals surface area contributed by atoms with Gasteiger partial charge in [-0.3, -0.25) is 19.7 Å². The number of anilines is 1. The van der Waals surface area contributed by atoms with Gasteiger partial charge in [-0.2, -0.15) is 0 Å². The van der Waals surface area contributed by atoms with E-state index in [1.165, 1.54) is 24.3 Å². The van der Waals surface area contributed by atoms with Crippen molar-refractivity contribution in [2.75, 3.05) is 5.32 Å². The minimum absolute atomic E-state index is 0.00971. The van der Waals surface area contributed by atoms with Crippen LogP contribution in [0.15, 0.2) is 59.1 Å². The molecule has 40 heavy (non-hydrogen) atoms. The average molecular weight is 553 g/mol. The lowest BCUT2D eigenvalue weighted by atomic mass is 9.57. The molecular weight excluding hydrogens is 529 g/mol. The number of rotatable bonds is 3. The van der Waals surface area contributed by atoms with E-state index >= 15 is 0 Å². The van der Waals surface area contributed by atoms with Crippen LogP contribution in [0.3, 0.4) is 0 Å². The number of nitrogens with two attached hydrogens (primary N) is 2. The Morgan fingerprint density at radius 2 is 1.68 bits per heavy atom. The number of primary amides is 1. The van der Waals surface area contributed by atoms with E-state index in [1.807, 2.05) is 0 Å². The maximum Gasteiger partial charge on any atom is 0.417 e. The predicted octanol–water partition coefficient (Wildman–Crippen LogP) is 1.68. The minimum Gasteiger partial charge on any atom is -0.511 e. The number of aromatic hydroxyl groups is 1. The summed E-state index contributed by atoms with van der Waals surface area (Å²) in [6.07, 6.45) is -2.58. The number of nitrogens with one attached hydrogen (secondary N) is 1. The molecule has 6 atom stereocenters. The Balaban J connectivity index is 1.55. The number of carbonyl (C=O) groups excluding carboxylic acids is 4. The number of ketones is 2. The van der Waals surface area contributed by atoms with Crippen molar-refractivity contribution in [1.29, 1.82) is 0 Å². The number of aliphatic hydroxyl groups is 3. The van der Waals surface area contributed by atoms with Crippen LogP contribution in [0, 0.1) is 23.6 Å². The number of hydrogen-bond donors (Lipinski definition) is 7. The van der Waals surface area contributed by atoms with Crippen molar-refractivity contribution in [2.24, 2.45) is 29.2 Å². The van der Waals surface area contributed by atoms with Crippen LogP contribution in [0.1, 0.15) is 28.8 Å². The fourth-order valence-electron chi connectivity index (χ4n) is 5.94. The van der Waals surface area contributed by atoms with Gasteiger partial charge in [-0.1, -0.05) is 13.0 Å². The molecule has 0 bridgehead atoms. The summed E-state index contributed by atoms with van der Waals surface area (Å²) in [5.74, 6) is -10.8. The number of fused-ring (bicyclic) bond motifs is 3. The van der Waals surface area contributed by atoms with E-state index in [9.17, 15) is 44.0 Å². The summed E-state index contributed by atoms with van der Waals surface area (Å²) in [6.45, 7) is 1.61. The highest BCUT2D eigenvalue weighted by Gasteiger charge is 2.58. The number of ether oxygens (including phenoxy) is 1. The second kappa shape index (κ2) is 9.47. The third kappa shape index (κ3) is 3.89. The van der Waals surface area contributed by atoms with Crippen molar-refractivity contribution in [2.45, 2.75) is 25.0 Å². The number of Topliss-reactive ketones (excluding diaryl/α,β-unsaturated/α-hetero) is 2. The van der Waals surface area contributed by atoms with Gasteiger partial charge in [0.05, 0.1) is 29.3 Å². The monoisotopic (exact) mass is 553 g/mol. The molecule has 0 saturated carbocycles. The van der Waals surface area contributed by atoms with Crippen LogP contribution in [0.25, 0.3) is 0 Å². The third-order valence-corrected chi connectivity index (χ3v) is 7.78. The van der Waals surface area contributed by atoms with Gasteiger partial charge in [0.1, 0.15) is 28.7 Å². The predicted molar refractivity (Wildman–Crippen MR) is 135 cm³/mol. The van der Waals surface area contributed by atoms with E-state index in [0.717, 1.165) is 12.1 Å². The molecule has 0 fully saturated rings. The molecule has 2 aromatic rings. The zero-order chi connectivity index (χ0) is 29.2. The molecule has 3 aliphatic rings. The number of benzene rings is 2. The van der Waals surface area contributed by atoms with Gasteiger partial charge in [0.2, 0.25) is 0 Å². The summed E-state index contributed by atoms with van der Waals surface area (Å²) in [6, 6.07) is 5.87. The van der Waals surface area contributed by atoms with Gasteiger partial charge < -0.3 is 36.6 Å². The number of carbonyl (C=O) groups is 4. The standard InChI is InChI=1S/C27H24FN3O9/c1-8-11-6-7-12(31-27(39)40-10-4-2-9(28)3-5-10)20(32)14(11)22(34)16-13(8)21(33)15-17(23(16)35)24(36)18(26(30)38)25(37)19(15)29/h2-8,13,15,17,19,21,32-33,35,37H,29H2,1H3,(H2,30,38)(H,31,39)/t8-,13?,15?,17?,19-,21-/m0/s1. The molecule has 0 radical (unpaired) electrons. The first-order chi connectivity index (χ1) is 18.8. The van der Waals surface area contributed by atoms with Gasteiger partial charge in [-0.15, -0.1) is 0 Å². The number of allylic oxidation sites excluding steroid dienone is 1. The molecule has 3 aliphatic carbocycles. The second-order valence-electron chi connectivity index (χ2n) is 9.90. The Labute approximate surface area is 225 Å². The number of amides is 2. The molecule has 12 nitrogen and oxygen atoms in total. The lowest BCUT2D eigenvalue weighted by molar-refractivity contribution is -0.129. The fraction of sp³-hybridized carbons (Fsp3) is 0.259. The number of hydrogen-bond acceptors (Lipinski definition) is 10. The van der Waals surface area contributed by atoms with E-state index in [1.54, 1.807) is 6.92 Å². The summed E-state index contributed by atoms with van der Waals surface area (Å²) in [5, 5.41) is 46.2. The Hall–Kier alpha value is -4.75. The molecular formula is C27H24FN3O9. The van der Waals surface area contributed by atoms with E-state index in [4.69, 9.17) is 16.2 Å². The van der Waals surface area contributed by atoms with Crippen LogP contribution >= 0.6 is 0 Å². The first-order valence-corrected chi connectivity index (χ1v) is 12.1. The SMILES string of the molecule is C[C@H]1c2ccc(NC(=O)Oc3ccc(F)cc3)c(O)c2C(=O)C2=C(O)C3C(=O)C(C(N)=O)=C(O)[C@@H](N)C3[C@@H](O)C21. The van der Waals surface area contributed by atoms with Crippen LogP contribution in [0.4, 0.5) is 14.9 Å². The number of aliphatic hydroxyl groups excluding tert-OH is 3. The molecule has 0 heterocycles. The fourth-order valence-corrected chi connectivity index (χ4v) is 5.94. The van der Waals surface area contributed by atoms with Crippen LogP contribution in [0.2, 0.25) is 0 Å². The van der Waals surface area contributed by atoms with Gasteiger partial charge in [0.15, 0.2) is 17.3 Å². The second-order valence-corrected chi connectivity index (χ2v) is 9.90. The molecule has 0 spiro atoms. The van der Waals surface area contributed by atoms with E-state index in [2.05, 4.69) is 5.32 Å². The zero-order valence-corrected chi connectivity index (χ0v) is 20.8. The Morgan fingerprint density at radius 1 is 1.02 bits per heavy atom. The topological polar surface area (TPSA) is 222 Å². The van der Waals surface area contributed by atoms with Gasteiger partial charge in [-0.25, -0.2) is 9.18 Å².